The summed E-state index contributed by atoms with van der Waals surface area (Å²) in [6.07, 6.45) is 3.69. The summed E-state index contributed by atoms with van der Waals surface area (Å²) in [5.41, 5.74) is 5.81. The summed E-state index contributed by atoms with van der Waals surface area (Å²) < 4.78 is 2.23. The Hall–Kier alpha value is -3.03. The van der Waals surface area contributed by atoms with E-state index in [1.54, 1.807) is 11.3 Å². The first-order valence-corrected chi connectivity index (χ1v) is 11.5. The van der Waals surface area contributed by atoms with Gasteiger partial charge in [0.05, 0.1) is 17.8 Å². The molecular weight excluding hydrogens is 422 g/mol. The number of benzene rings is 1. The van der Waals surface area contributed by atoms with E-state index in [-0.39, 0.29) is 12.1 Å². The quantitative estimate of drug-likeness (QED) is 0.432. The van der Waals surface area contributed by atoms with E-state index in [1.165, 1.54) is 22.5 Å². The monoisotopic (exact) mass is 445 g/mol. The maximum atomic E-state index is 5.83. The largest absolute Gasteiger partial charge is 0.352 e. The molecular formula is C24H23N5S2. The summed E-state index contributed by atoms with van der Waals surface area (Å²) in [5, 5.41) is 7.30. The second-order valence-electron chi connectivity index (χ2n) is 7.72. The van der Waals surface area contributed by atoms with Gasteiger partial charge >= 0.3 is 0 Å². The second-order valence-corrected chi connectivity index (χ2v) is 8.98. The molecule has 4 heterocycles. The fraction of sp³-hybridized carbons (Fsp3) is 0.208. The van der Waals surface area contributed by atoms with Crippen LogP contribution in [0.4, 0.5) is 0 Å². The van der Waals surface area contributed by atoms with Gasteiger partial charge in [-0.2, -0.15) is 0 Å². The number of nitrogens with zero attached hydrogens (tertiary/aromatic N) is 4. The summed E-state index contributed by atoms with van der Waals surface area (Å²) in [6, 6.07) is 18.8. The number of hydrogen-bond acceptors (Lipinski definition) is 4. The topological polar surface area (TPSA) is 46.0 Å². The Bertz CT molecular complexity index is 1190. The number of thiazole rings is 1. The maximum Gasteiger partial charge on any atom is 0.193 e. The van der Waals surface area contributed by atoms with Crippen LogP contribution in [0.2, 0.25) is 0 Å². The molecule has 0 radical (unpaired) electrons. The Kier molecular flexibility index (Phi) is 5.29. The molecule has 1 N–H and O–H groups in total. The van der Waals surface area contributed by atoms with Crippen molar-refractivity contribution in [3.8, 4) is 5.13 Å². The molecule has 7 heteroatoms. The maximum absolute atomic E-state index is 5.83. The molecule has 1 saturated heterocycles. The van der Waals surface area contributed by atoms with Crippen LogP contribution in [0, 0.1) is 13.8 Å². The SMILES string of the molecule is Cc1cc([C@H]2[C@H](c3ccccn3)NC(=S)N2Cc2ccccc2)c(C)n1-c1nccs1. The van der Waals surface area contributed by atoms with Gasteiger partial charge in [-0.15, -0.1) is 11.3 Å². The molecule has 3 aromatic heterocycles. The fourth-order valence-electron chi connectivity index (χ4n) is 4.40. The van der Waals surface area contributed by atoms with Gasteiger partial charge in [0, 0.05) is 35.7 Å². The van der Waals surface area contributed by atoms with Crippen molar-refractivity contribution in [3.63, 3.8) is 0 Å². The molecule has 4 aromatic rings. The van der Waals surface area contributed by atoms with E-state index in [1.807, 2.05) is 36.0 Å². The zero-order valence-corrected chi connectivity index (χ0v) is 19.0. The summed E-state index contributed by atoms with van der Waals surface area (Å²) in [4.78, 5) is 11.5. The lowest BCUT2D eigenvalue weighted by molar-refractivity contribution is 0.310. The van der Waals surface area contributed by atoms with Crippen LogP contribution in [-0.4, -0.2) is 24.5 Å². The number of nitrogens with one attached hydrogen (secondary N) is 1. The molecule has 1 fully saturated rings. The summed E-state index contributed by atoms with van der Waals surface area (Å²) in [6.45, 7) is 5.04. The highest BCUT2D eigenvalue weighted by molar-refractivity contribution is 7.80. The van der Waals surface area contributed by atoms with Crippen LogP contribution in [0.3, 0.4) is 0 Å². The molecule has 0 spiro atoms. The van der Waals surface area contributed by atoms with E-state index >= 15 is 0 Å². The predicted octanol–water partition coefficient (Wildman–Crippen LogP) is 5.12. The minimum atomic E-state index is -0.0253. The van der Waals surface area contributed by atoms with Gasteiger partial charge in [0.25, 0.3) is 0 Å². The lowest BCUT2D eigenvalue weighted by atomic mass is 9.96. The first-order chi connectivity index (χ1) is 15.1. The van der Waals surface area contributed by atoms with Crippen molar-refractivity contribution in [1.82, 2.24) is 24.8 Å². The molecule has 0 aliphatic carbocycles. The zero-order chi connectivity index (χ0) is 21.4. The molecule has 156 valence electrons. The molecule has 31 heavy (non-hydrogen) atoms. The molecule has 1 aromatic carbocycles. The second kappa shape index (κ2) is 8.24. The smallest absolute Gasteiger partial charge is 0.193 e. The van der Waals surface area contributed by atoms with Crippen LogP contribution in [0.25, 0.3) is 5.13 Å². The number of thiocarbonyl (C=S) groups is 1. The van der Waals surface area contributed by atoms with E-state index in [0.717, 1.165) is 22.5 Å². The molecule has 0 amide bonds. The van der Waals surface area contributed by atoms with Crippen molar-refractivity contribution in [3.05, 3.63) is 101 Å². The first-order valence-electron chi connectivity index (χ1n) is 10.2. The van der Waals surface area contributed by atoms with E-state index < -0.39 is 0 Å². The van der Waals surface area contributed by atoms with E-state index in [0.29, 0.717) is 0 Å². The van der Waals surface area contributed by atoms with Gasteiger partial charge in [-0.3, -0.25) is 9.55 Å². The van der Waals surface area contributed by atoms with Gasteiger partial charge in [-0.1, -0.05) is 36.4 Å². The molecule has 0 bridgehead atoms. The van der Waals surface area contributed by atoms with Gasteiger partial charge < -0.3 is 10.2 Å². The Labute approximate surface area is 191 Å². The summed E-state index contributed by atoms with van der Waals surface area (Å²) >= 11 is 7.47. The molecule has 1 aliphatic heterocycles. The van der Waals surface area contributed by atoms with Crippen molar-refractivity contribution in [2.24, 2.45) is 0 Å². The Balaban J connectivity index is 1.62. The lowest BCUT2D eigenvalue weighted by Crippen LogP contribution is -2.29. The van der Waals surface area contributed by atoms with Crippen molar-refractivity contribution in [1.29, 1.82) is 0 Å². The third-order valence-corrected chi connectivity index (χ3v) is 6.90. The lowest BCUT2D eigenvalue weighted by Gasteiger charge is -2.28. The highest BCUT2D eigenvalue weighted by atomic mass is 32.1. The van der Waals surface area contributed by atoms with E-state index in [2.05, 4.69) is 75.0 Å². The van der Waals surface area contributed by atoms with Crippen LogP contribution in [0.1, 0.15) is 40.3 Å². The van der Waals surface area contributed by atoms with Gasteiger partial charge in [-0.05, 0) is 55.4 Å². The van der Waals surface area contributed by atoms with Gasteiger partial charge in [-0.25, -0.2) is 4.98 Å². The van der Waals surface area contributed by atoms with Crippen LogP contribution >= 0.6 is 23.6 Å². The minimum absolute atomic E-state index is 0.0253. The molecule has 0 unspecified atom stereocenters. The number of aryl methyl sites for hydroxylation is 1. The van der Waals surface area contributed by atoms with Crippen LogP contribution in [0.5, 0.6) is 0 Å². The first kappa shape index (κ1) is 19.9. The van der Waals surface area contributed by atoms with Crippen molar-refractivity contribution in [2.45, 2.75) is 32.5 Å². The van der Waals surface area contributed by atoms with E-state index in [4.69, 9.17) is 12.2 Å². The number of rotatable bonds is 5. The third-order valence-electron chi connectivity index (χ3n) is 5.79. The zero-order valence-electron chi connectivity index (χ0n) is 17.4. The third kappa shape index (κ3) is 3.64. The molecule has 2 atom stereocenters. The number of hydrogen-bond donors (Lipinski definition) is 1. The van der Waals surface area contributed by atoms with Crippen molar-refractivity contribution < 1.29 is 0 Å². The summed E-state index contributed by atoms with van der Waals surface area (Å²) in [7, 11) is 0. The van der Waals surface area contributed by atoms with Crippen LogP contribution < -0.4 is 5.32 Å². The van der Waals surface area contributed by atoms with Crippen molar-refractivity contribution >= 4 is 28.7 Å². The Morgan fingerprint density at radius 3 is 2.55 bits per heavy atom. The minimum Gasteiger partial charge on any atom is -0.352 e. The Morgan fingerprint density at radius 2 is 1.84 bits per heavy atom. The van der Waals surface area contributed by atoms with Gasteiger partial charge in [0.2, 0.25) is 0 Å². The number of pyridine rings is 1. The van der Waals surface area contributed by atoms with Gasteiger partial charge in [0.15, 0.2) is 10.2 Å². The predicted molar refractivity (Wildman–Crippen MR) is 128 cm³/mol. The van der Waals surface area contributed by atoms with Crippen LogP contribution in [0.15, 0.2) is 72.4 Å². The molecule has 5 rings (SSSR count). The standard InChI is InChI=1S/C24H23N5S2/c1-16-14-19(17(2)29(16)24-26-12-13-31-24)22-21(20-10-6-7-11-25-20)27-23(30)28(22)15-18-8-4-3-5-9-18/h3-14,21-22H,15H2,1-2H3,(H,27,30)/t21-,22-/m0/s1. The van der Waals surface area contributed by atoms with Crippen LogP contribution in [-0.2, 0) is 6.54 Å². The van der Waals surface area contributed by atoms with Gasteiger partial charge in [0.1, 0.15) is 0 Å². The molecule has 0 saturated carbocycles. The Morgan fingerprint density at radius 1 is 1.03 bits per heavy atom. The highest BCUT2D eigenvalue weighted by Gasteiger charge is 2.41. The number of aromatic nitrogens is 3. The average molecular weight is 446 g/mol. The normalized spacial score (nSPS) is 18.4. The van der Waals surface area contributed by atoms with E-state index in [9.17, 15) is 0 Å². The average Bonchev–Trinajstić information content (AvgIpc) is 3.49. The highest BCUT2D eigenvalue weighted by Crippen LogP contribution is 2.42. The molecule has 5 nitrogen and oxygen atoms in total. The fourth-order valence-corrected chi connectivity index (χ4v) is 5.46. The van der Waals surface area contributed by atoms with Crippen molar-refractivity contribution in [2.75, 3.05) is 0 Å². The summed E-state index contributed by atoms with van der Waals surface area (Å²) in [5.74, 6) is 0. The molecule has 1 aliphatic rings.